The summed E-state index contributed by atoms with van der Waals surface area (Å²) in [6, 6.07) is 0.225. The number of nitrogens with zero attached hydrogens (tertiary/aromatic N) is 2. The van der Waals surface area contributed by atoms with Gasteiger partial charge in [0.25, 0.3) is 0 Å². The molecule has 0 N–H and O–H groups in total. The summed E-state index contributed by atoms with van der Waals surface area (Å²) in [6.07, 6.45) is 5.98. The fraction of sp³-hybridized carbons (Fsp3) is 0.923. The van der Waals surface area contributed by atoms with Gasteiger partial charge in [-0.1, -0.05) is 26.7 Å². The molecule has 3 nitrogen and oxygen atoms in total. The van der Waals surface area contributed by atoms with E-state index in [9.17, 15) is 4.79 Å². The molecule has 1 rings (SSSR count). The van der Waals surface area contributed by atoms with Crippen LogP contribution in [0.1, 0.15) is 46.0 Å². The molecule has 0 spiro atoms. The minimum Gasteiger partial charge on any atom is -0.328 e. The first-order chi connectivity index (χ1) is 7.65. The quantitative estimate of drug-likeness (QED) is 0.676. The molecule has 0 saturated carbocycles. The summed E-state index contributed by atoms with van der Waals surface area (Å²) in [6.45, 7) is 7.21. The van der Waals surface area contributed by atoms with Crippen LogP contribution in [0.3, 0.4) is 0 Å². The zero-order valence-electron chi connectivity index (χ0n) is 11.0. The Hall–Kier alpha value is -0.730. The number of hydrogen-bond acceptors (Lipinski definition) is 1. The average Bonchev–Trinajstić information content (AvgIpc) is 2.28. The molecule has 16 heavy (non-hydrogen) atoms. The Labute approximate surface area is 99.8 Å². The van der Waals surface area contributed by atoms with Gasteiger partial charge in [-0.2, -0.15) is 0 Å². The third-order valence-corrected chi connectivity index (χ3v) is 3.35. The molecular formula is C13H26N2O. The van der Waals surface area contributed by atoms with E-state index in [-0.39, 0.29) is 6.03 Å². The van der Waals surface area contributed by atoms with E-state index in [0.717, 1.165) is 32.5 Å². The second-order valence-electron chi connectivity index (χ2n) is 5.10. The van der Waals surface area contributed by atoms with Crippen LogP contribution in [0.15, 0.2) is 0 Å². The van der Waals surface area contributed by atoms with Gasteiger partial charge >= 0.3 is 6.03 Å². The predicted octanol–water partition coefficient (Wildman–Crippen LogP) is 2.96. The zero-order valence-corrected chi connectivity index (χ0v) is 11.0. The lowest BCUT2D eigenvalue weighted by Gasteiger charge is -2.34. The first-order valence-electron chi connectivity index (χ1n) is 6.65. The van der Waals surface area contributed by atoms with Crippen LogP contribution in [0.5, 0.6) is 0 Å². The van der Waals surface area contributed by atoms with Crippen molar-refractivity contribution in [2.24, 2.45) is 5.92 Å². The Kier molecular flexibility index (Phi) is 5.64. The maximum atomic E-state index is 12.1. The lowest BCUT2D eigenvalue weighted by atomic mass is 10.0. The monoisotopic (exact) mass is 226 g/mol. The molecule has 0 bridgehead atoms. The molecular weight excluding hydrogens is 200 g/mol. The van der Waals surface area contributed by atoms with E-state index in [1.807, 2.05) is 16.8 Å². The Bertz CT molecular complexity index is 218. The number of unbranched alkanes of at least 4 members (excludes halogenated alkanes) is 2. The van der Waals surface area contributed by atoms with Gasteiger partial charge in [0.2, 0.25) is 0 Å². The van der Waals surface area contributed by atoms with Gasteiger partial charge < -0.3 is 9.80 Å². The van der Waals surface area contributed by atoms with E-state index in [2.05, 4.69) is 13.8 Å². The molecule has 0 aromatic rings. The van der Waals surface area contributed by atoms with E-state index >= 15 is 0 Å². The van der Waals surface area contributed by atoms with Gasteiger partial charge in [-0.05, 0) is 25.2 Å². The number of urea groups is 1. The average molecular weight is 226 g/mol. The van der Waals surface area contributed by atoms with Crippen molar-refractivity contribution in [2.75, 3.05) is 26.7 Å². The molecule has 1 atom stereocenters. The number of likely N-dealkylation sites (tertiary alicyclic amines) is 1. The summed E-state index contributed by atoms with van der Waals surface area (Å²) in [5.74, 6) is 0.668. The van der Waals surface area contributed by atoms with Gasteiger partial charge in [-0.25, -0.2) is 4.79 Å². The number of amides is 2. The lowest BCUT2D eigenvalue weighted by molar-refractivity contribution is 0.139. The fourth-order valence-electron chi connectivity index (χ4n) is 2.30. The molecule has 0 radical (unpaired) electrons. The van der Waals surface area contributed by atoms with Gasteiger partial charge in [0.05, 0.1) is 0 Å². The Morgan fingerprint density at radius 2 is 2.19 bits per heavy atom. The van der Waals surface area contributed by atoms with Crippen LogP contribution in [0.25, 0.3) is 0 Å². The third kappa shape index (κ3) is 4.03. The zero-order chi connectivity index (χ0) is 12.0. The number of rotatable bonds is 4. The predicted molar refractivity (Wildman–Crippen MR) is 67.5 cm³/mol. The molecule has 0 aromatic heterocycles. The highest BCUT2D eigenvalue weighted by atomic mass is 16.2. The van der Waals surface area contributed by atoms with Crippen LogP contribution in [0, 0.1) is 5.92 Å². The van der Waals surface area contributed by atoms with E-state index < -0.39 is 0 Å². The van der Waals surface area contributed by atoms with E-state index in [1.54, 1.807) is 0 Å². The standard InChI is InChI=1S/C13H26N2O/c1-4-5-6-9-14(3)13(16)15-10-7-8-12(2)11-15/h12H,4-11H2,1-3H3. The van der Waals surface area contributed by atoms with E-state index in [0.29, 0.717) is 5.92 Å². The van der Waals surface area contributed by atoms with Crippen molar-refractivity contribution >= 4 is 6.03 Å². The van der Waals surface area contributed by atoms with Crippen LogP contribution < -0.4 is 0 Å². The highest BCUT2D eigenvalue weighted by molar-refractivity contribution is 5.74. The van der Waals surface area contributed by atoms with E-state index in [1.165, 1.54) is 19.3 Å². The summed E-state index contributed by atoms with van der Waals surface area (Å²) in [7, 11) is 1.93. The van der Waals surface area contributed by atoms with Crippen molar-refractivity contribution in [2.45, 2.75) is 46.0 Å². The molecule has 94 valence electrons. The maximum absolute atomic E-state index is 12.1. The smallest absolute Gasteiger partial charge is 0.319 e. The molecule has 1 heterocycles. The van der Waals surface area contributed by atoms with Crippen molar-refractivity contribution in [3.63, 3.8) is 0 Å². The Morgan fingerprint density at radius 1 is 1.44 bits per heavy atom. The Morgan fingerprint density at radius 3 is 2.81 bits per heavy atom. The van der Waals surface area contributed by atoms with Gasteiger partial charge in [-0.3, -0.25) is 0 Å². The summed E-state index contributed by atoms with van der Waals surface area (Å²) in [5.41, 5.74) is 0. The highest BCUT2D eigenvalue weighted by Crippen LogP contribution is 2.16. The largest absolute Gasteiger partial charge is 0.328 e. The summed E-state index contributed by atoms with van der Waals surface area (Å²) in [4.78, 5) is 16.0. The first kappa shape index (κ1) is 13.3. The normalized spacial score (nSPS) is 20.9. The second-order valence-corrected chi connectivity index (χ2v) is 5.10. The Balaban J connectivity index is 2.31. The van der Waals surface area contributed by atoms with Crippen LogP contribution in [0.2, 0.25) is 0 Å². The van der Waals surface area contributed by atoms with Crippen molar-refractivity contribution in [3.05, 3.63) is 0 Å². The molecule has 1 unspecified atom stereocenters. The van der Waals surface area contributed by atoms with Gasteiger partial charge in [-0.15, -0.1) is 0 Å². The topological polar surface area (TPSA) is 23.6 Å². The second kappa shape index (κ2) is 6.77. The fourth-order valence-corrected chi connectivity index (χ4v) is 2.30. The van der Waals surface area contributed by atoms with Gasteiger partial charge in [0.15, 0.2) is 0 Å². The lowest BCUT2D eigenvalue weighted by Crippen LogP contribution is -2.46. The summed E-state index contributed by atoms with van der Waals surface area (Å²) >= 11 is 0. The van der Waals surface area contributed by atoms with Crippen molar-refractivity contribution < 1.29 is 4.79 Å². The van der Waals surface area contributed by atoms with E-state index in [4.69, 9.17) is 0 Å². The van der Waals surface area contributed by atoms with Crippen molar-refractivity contribution in [3.8, 4) is 0 Å². The van der Waals surface area contributed by atoms with Crippen LogP contribution in [0.4, 0.5) is 4.79 Å². The van der Waals surface area contributed by atoms with Crippen molar-refractivity contribution in [1.29, 1.82) is 0 Å². The molecule has 0 aromatic carbocycles. The number of carbonyl (C=O) groups is 1. The molecule has 2 amide bonds. The number of carbonyl (C=O) groups excluding carboxylic acids is 1. The van der Waals surface area contributed by atoms with Crippen molar-refractivity contribution in [1.82, 2.24) is 9.80 Å². The maximum Gasteiger partial charge on any atom is 0.319 e. The number of hydrogen-bond donors (Lipinski definition) is 0. The molecule has 3 heteroatoms. The third-order valence-electron chi connectivity index (χ3n) is 3.35. The molecule has 1 aliphatic heterocycles. The van der Waals surface area contributed by atoms with Gasteiger partial charge in [0.1, 0.15) is 0 Å². The molecule has 1 saturated heterocycles. The number of piperidine rings is 1. The minimum atomic E-state index is 0.225. The van der Waals surface area contributed by atoms with Crippen LogP contribution >= 0.6 is 0 Å². The highest BCUT2D eigenvalue weighted by Gasteiger charge is 2.22. The molecule has 0 aliphatic carbocycles. The van der Waals surface area contributed by atoms with Crippen LogP contribution in [-0.4, -0.2) is 42.5 Å². The minimum absolute atomic E-state index is 0.225. The summed E-state index contributed by atoms with van der Waals surface area (Å²) < 4.78 is 0. The SMILES string of the molecule is CCCCCN(C)C(=O)N1CCCC(C)C1. The van der Waals surface area contributed by atoms with Gasteiger partial charge in [0, 0.05) is 26.7 Å². The molecule has 1 fully saturated rings. The van der Waals surface area contributed by atoms with Crippen LogP contribution in [-0.2, 0) is 0 Å². The molecule has 1 aliphatic rings. The first-order valence-corrected chi connectivity index (χ1v) is 6.65. The summed E-state index contributed by atoms with van der Waals surface area (Å²) in [5, 5.41) is 0.